The Hall–Kier alpha value is -2.05. The van der Waals surface area contributed by atoms with Gasteiger partial charge in [-0.15, -0.1) is 0 Å². The number of aromatic nitrogens is 2. The lowest BCUT2D eigenvalue weighted by molar-refractivity contribution is -0.141. The normalized spacial score (nSPS) is 14.0. The van der Waals surface area contributed by atoms with E-state index < -0.39 is 17.4 Å². The first-order chi connectivity index (χ1) is 8.23. The second kappa shape index (κ2) is 4.67. The van der Waals surface area contributed by atoms with E-state index in [-0.39, 0.29) is 5.56 Å². The van der Waals surface area contributed by atoms with E-state index in [1.54, 1.807) is 27.8 Å². The van der Waals surface area contributed by atoms with Crippen molar-refractivity contribution in [3.05, 3.63) is 11.3 Å². The summed E-state index contributed by atoms with van der Waals surface area (Å²) in [4.78, 5) is 22.6. The molecule has 1 amide bonds. The second-order valence-electron chi connectivity index (χ2n) is 4.41. The average molecular weight is 254 g/mol. The number of aryl methyl sites for hydroxylation is 2. The number of rotatable bonds is 5. The minimum absolute atomic E-state index is 0.221. The minimum atomic E-state index is -1.18. The van der Waals surface area contributed by atoms with Crippen LogP contribution in [0.3, 0.4) is 0 Å². The average Bonchev–Trinajstić information content (AvgIpc) is 2.53. The van der Waals surface area contributed by atoms with Crippen LogP contribution in [0.2, 0.25) is 0 Å². The highest BCUT2D eigenvalue weighted by Crippen LogP contribution is 2.24. The first kappa shape index (κ1) is 14.0. The molecule has 7 nitrogen and oxygen atoms in total. The summed E-state index contributed by atoms with van der Waals surface area (Å²) >= 11 is 0. The van der Waals surface area contributed by atoms with Gasteiger partial charge in [-0.3, -0.25) is 9.48 Å². The summed E-state index contributed by atoms with van der Waals surface area (Å²) in [6, 6.07) is 0. The van der Waals surface area contributed by atoms with Crippen molar-refractivity contribution in [2.45, 2.75) is 32.7 Å². The molecule has 0 aliphatic carbocycles. The van der Waals surface area contributed by atoms with E-state index in [2.05, 4.69) is 10.4 Å². The van der Waals surface area contributed by atoms with E-state index >= 15 is 0 Å². The number of carboxylic acids is 1. The number of hydrogen-bond donors (Lipinski definition) is 3. The number of hydrogen-bond acceptors (Lipinski definition) is 4. The summed E-state index contributed by atoms with van der Waals surface area (Å²) in [6.07, 6.45) is 0.352. The zero-order valence-electron chi connectivity index (χ0n) is 10.9. The molecular formula is C11H18N4O3. The SMILES string of the molecule is CCC(C)(Nc1c(C(N)=O)c(C)nn1C)C(=O)O. The predicted molar refractivity (Wildman–Crippen MR) is 66.4 cm³/mol. The van der Waals surface area contributed by atoms with Crippen LogP contribution in [-0.2, 0) is 11.8 Å². The molecule has 0 radical (unpaired) electrons. The Morgan fingerprint density at radius 1 is 1.56 bits per heavy atom. The van der Waals surface area contributed by atoms with Gasteiger partial charge in [0.25, 0.3) is 5.91 Å². The number of aliphatic carboxylic acids is 1. The second-order valence-corrected chi connectivity index (χ2v) is 4.41. The maximum Gasteiger partial charge on any atom is 0.329 e. The number of primary amides is 1. The first-order valence-corrected chi connectivity index (χ1v) is 5.58. The van der Waals surface area contributed by atoms with Gasteiger partial charge in [0.1, 0.15) is 16.9 Å². The molecule has 0 fully saturated rings. The van der Waals surface area contributed by atoms with Crippen molar-refractivity contribution in [2.24, 2.45) is 12.8 Å². The molecule has 1 aromatic rings. The summed E-state index contributed by atoms with van der Waals surface area (Å²) in [5.74, 6) is -1.31. The lowest BCUT2D eigenvalue weighted by Crippen LogP contribution is -2.43. The fourth-order valence-corrected chi connectivity index (χ4v) is 1.65. The topological polar surface area (TPSA) is 110 Å². The summed E-state index contributed by atoms with van der Waals surface area (Å²) in [6.45, 7) is 4.94. The van der Waals surface area contributed by atoms with Crippen molar-refractivity contribution in [3.8, 4) is 0 Å². The Bertz CT molecular complexity index is 495. The maximum atomic E-state index is 11.4. The van der Waals surface area contributed by atoms with E-state index in [1.807, 2.05) is 0 Å². The Morgan fingerprint density at radius 3 is 2.50 bits per heavy atom. The van der Waals surface area contributed by atoms with E-state index in [9.17, 15) is 14.7 Å². The van der Waals surface area contributed by atoms with E-state index in [4.69, 9.17) is 5.73 Å². The molecule has 4 N–H and O–H groups in total. The summed E-state index contributed by atoms with van der Waals surface area (Å²) in [5, 5.41) is 16.1. The number of nitrogens with one attached hydrogen (secondary N) is 1. The van der Waals surface area contributed by atoms with Crippen molar-refractivity contribution in [1.29, 1.82) is 0 Å². The lowest BCUT2D eigenvalue weighted by Gasteiger charge is -2.26. The quantitative estimate of drug-likeness (QED) is 0.708. The smallest absolute Gasteiger partial charge is 0.329 e. The standard InChI is InChI=1S/C11H18N4O3/c1-5-11(3,10(17)18)13-9-7(8(12)16)6(2)14-15(9)4/h13H,5H2,1-4H3,(H2,12,16)(H,17,18). The Kier molecular flexibility index (Phi) is 3.64. The Balaban J connectivity index is 3.26. The van der Waals surface area contributed by atoms with Crippen molar-refractivity contribution in [1.82, 2.24) is 9.78 Å². The molecule has 1 unspecified atom stereocenters. The third-order valence-corrected chi connectivity index (χ3v) is 3.04. The number of carboxylic acid groups (broad SMARTS) is 1. The lowest BCUT2D eigenvalue weighted by atomic mass is 9.99. The van der Waals surface area contributed by atoms with Gasteiger partial charge in [-0.05, 0) is 20.3 Å². The zero-order chi connectivity index (χ0) is 14.1. The molecule has 100 valence electrons. The Labute approximate surface area is 105 Å². The van der Waals surface area contributed by atoms with Gasteiger partial charge in [0.05, 0.1) is 5.69 Å². The molecule has 1 heterocycles. The van der Waals surface area contributed by atoms with E-state index in [0.29, 0.717) is 17.9 Å². The van der Waals surface area contributed by atoms with Crippen molar-refractivity contribution < 1.29 is 14.7 Å². The van der Waals surface area contributed by atoms with Gasteiger partial charge < -0.3 is 16.2 Å². The van der Waals surface area contributed by atoms with Crippen LogP contribution in [0.25, 0.3) is 0 Å². The van der Waals surface area contributed by atoms with Crippen LogP contribution in [0.4, 0.5) is 5.82 Å². The molecule has 1 aromatic heterocycles. The van der Waals surface area contributed by atoms with Gasteiger partial charge in [-0.25, -0.2) is 4.79 Å². The first-order valence-electron chi connectivity index (χ1n) is 5.58. The summed E-state index contributed by atoms with van der Waals surface area (Å²) in [7, 11) is 1.62. The van der Waals surface area contributed by atoms with Gasteiger partial charge in [-0.2, -0.15) is 5.10 Å². The highest BCUT2D eigenvalue weighted by Gasteiger charge is 2.33. The molecule has 0 saturated heterocycles. The minimum Gasteiger partial charge on any atom is -0.480 e. The number of nitrogens with zero attached hydrogens (tertiary/aromatic N) is 2. The number of amides is 1. The fourth-order valence-electron chi connectivity index (χ4n) is 1.65. The molecule has 0 spiro atoms. The van der Waals surface area contributed by atoms with Crippen LogP contribution in [0.1, 0.15) is 36.3 Å². The molecule has 1 rings (SSSR count). The van der Waals surface area contributed by atoms with Gasteiger partial charge >= 0.3 is 5.97 Å². The van der Waals surface area contributed by atoms with Crippen LogP contribution >= 0.6 is 0 Å². The zero-order valence-corrected chi connectivity index (χ0v) is 10.9. The maximum absolute atomic E-state index is 11.4. The molecule has 0 aliphatic rings. The van der Waals surface area contributed by atoms with Crippen LogP contribution < -0.4 is 11.1 Å². The highest BCUT2D eigenvalue weighted by atomic mass is 16.4. The summed E-state index contributed by atoms with van der Waals surface area (Å²) in [5.41, 5.74) is 4.80. The molecule has 7 heteroatoms. The third-order valence-electron chi connectivity index (χ3n) is 3.04. The summed E-state index contributed by atoms with van der Waals surface area (Å²) < 4.78 is 1.42. The molecular weight excluding hydrogens is 236 g/mol. The van der Waals surface area contributed by atoms with Crippen molar-refractivity contribution >= 4 is 17.7 Å². The van der Waals surface area contributed by atoms with Crippen molar-refractivity contribution in [3.63, 3.8) is 0 Å². The third kappa shape index (κ3) is 2.29. The molecule has 0 saturated carbocycles. The van der Waals surface area contributed by atoms with E-state index in [1.165, 1.54) is 4.68 Å². The number of carbonyl (C=O) groups excluding carboxylic acids is 1. The number of anilines is 1. The fraction of sp³-hybridized carbons (Fsp3) is 0.545. The molecule has 0 aromatic carbocycles. The number of carbonyl (C=O) groups is 2. The van der Waals surface area contributed by atoms with Crippen LogP contribution in [-0.4, -0.2) is 32.3 Å². The van der Waals surface area contributed by atoms with Crippen LogP contribution in [0.15, 0.2) is 0 Å². The monoisotopic (exact) mass is 254 g/mol. The van der Waals surface area contributed by atoms with Crippen LogP contribution in [0, 0.1) is 6.92 Å². The molecule has 0 aliphatic heterocycles. The highest BCUT2D eigenvalue weighted by molar-refractivity contribution is 5.99. The molecule has 18 heavy (non-hydrogen) atoms. The Morgan fingerprint density at radius 2 is 2.11 bits per heavy atom. The number of nitrogens with two attached hydrogens (primary N) is 1. The van der Waals surface area contributed by atoms with Gasteiger partial charge in [0.2, 0.25) is 0 Å². The predicted octanol–water partition coefficient (Wildman–Crippen LogP) is 0.493. The molecule has 1 atom stereocenters. The van der Waals surface area contributed by atoms with Crippen LogP contribution in [0.5, 0.6) is 0 Å². The van der Waals surface area contributed by atoms with E-state index in [0.717, 1.165) is 0 Å². The molecule has 0 bridgehead atoms. The van der Waals surface area contributed by atoms with Crippen molar-refractivity contribution in [2.75, 3.05) is 5.32 Å². The van der Waals surface area contributed by atoms with Gasteiger partial charge in [0, 0.05) is 7.05 Å². The van der Waals surface area contributed by atoms with Gasteiger partial charge in [0.15, 0.2) is 0 Å². The largest absolute Gasteiger partial charge is 0.480 e. The van der Waals surface area contributed by atoms with Gasteiger partial charge in [-0.1, -0.05) is 6.92 Å².